The van der Waals surface area contributed by atoms with Crippen LogP contribution in [0.25, 0.3) is 10.2 Å². The number of likely N-dealkylation sites (N-methyl/N-ethyl adjacent to an activating group) is 1. The minimum atomic E-state index is -0.350. The van der Waals surface area contributed by atoms with Gasteiger partial charge in [0.25, 0.3) is 0 Å². The molecule has 2 aromatic carbocycles. The molecule has 1 unspecified atom stereocenters. The number of benzene rings is 2. The van der Waals surface area contributed by atoms with Gasteiger partial charge in [-0.3, -0.25) is 5.32 Å². The largest absolute Gasteiger partial charge is 0.508 e. The fourth-order valence-electron chi connectivity index (χ4n) is 4.97. The van der Waals surface area contributed by atoms with Crippen LogP contribution in [0.1, 0.15) is 24.5 Å². The Morgan fingerprint density at radius 2 is 2.17 bits per heavy atom. The number of likely N-dealkylation sites (tertiary alicyclic amines) is 1. The number of amides is 2. The topological polar surface area (TPSA) is 77.5 Å². The van der Waals surface area contributed by atoms with Crippen molar-refractivity contribution in [3.63, 3.8) is 0 Å². The van der Waals surface area contributed by atoms with Crippen LogP contribution in [0.3, 0.4) is 0 Å². The number of phenols is 1. The lowest BCUT2D eigenvalue weighted by Gasteiger charge is -2.54. The van der Waals surface area contributed by atoms with Crippen LogP contribution >= 0.6 is 11.3 Å². The van der Waals surface area contributed by atoms with Gasteiger partial charge in [0.15, 0.2) is 5.13 Å². The van der Waals surface area contributed by atoms with Crippen molar-refractivity contribution < 1.29 is 14.3 Å². The molecule has 2 bridgehead atoms. The van der Waals surface area contributed by atoms with Crippen LogP contribution in [0.2, 0.25) is 0 Å². The predicted octanol–water partition coefficient (Wildman–Crippen LogP) is 3.85. The Hall–Kier alpha value is -2.71. The van der Waals surface area contributed by atoms with E-state index in [2.05, 4.69) is 34.5 Å². The van der Waals surface area contributed by atoms with Gasteiger partial charge in [0.05, 0.1) is 16.3 Å². The Bertz CT molecular complexity index is 1150. The number of phenolic OH excluding ortho intramolecular Hbond substituents is 1. The Balaban J connectivity index is 1.41. The molecule has 5 rings (SSSR count). The maximum absolute atomic E-state index is 13.4. The van der Waals surface area contributed by atoms with Gasteiger partial charge in [0.1, 0.15) is 11.6 Å². The smallest absolute Gasteiger partial charge is 0.321 e. The molecule has 0 spiro atoms. The minimum absolute atomic E-state index is 0.114. The number of anilines is 1. The number of rotatable bonds is 2. The molecule has 3 aromatic rings. The summed E-state index contributed by atoms with van der Waals surface area (Å²) in [4.78, 5) is 19.5. The second kappa shape index (κ2) is 6.92. The minimum Gasteiger partial charge on any atom is -0.508 e. The third-order valence-corrected chi connectivity index (χ3v) is 7.57. The zero-order valence-corrected chi connectivity index (χ0v) is 17.6. The average Bonchev–Trinajstić information content (AvgIpc) is 3.09. The molecule has 3 atom stereocenters. The zero-order chi connectivity index (χ0) is 21.0. The molecule has 1 aromatic heterocycles. The number of thiazole rings is 1. The van der Waals surface area contributed by atoms with E-state index in [0.717, 1.165) is 29.6 Å². The van der Waals surface area contributed by atoms with E-state index in [1.165, 1.54) is 29.0 Å². The van der Waals surface area contributed by atoms with Crippen molar-refractivity contribution in [2.24, 2.45) is 0 Å². The molecule has 1 aliphatic carbocycles. The summed E-state index contributed by atoms with van der Waals surface area (Å²) in [6.45, 7) is 3.09. The Labute approximate surface area is 177 Å². The maximum atomic E-state index is 13.4. The summed E-state index contributed by atoms with van der Waals surface area (Å²) in [5.41, 5.74) is 2.57. The van der Waals surface area contributed by atoms with Gasteiger partial charge in [-0.25, -0.2) is 14.2 Å². The van der Waals surface area contributed by atoms with Crippen molar-refractivity contribution in [2.75, 3.05) is 18.9 Å². The summed E-state index contributed by atoms with van der Waals surface area (Å²) in [5.74, 6) is -0.103. The first kappa shape index (κ1) is 19.3. The lowest BCUT2D eigenvalue weighted by Crippen LogP contribution is -2.67. The molecule has 2 aliphatic rings. The van der Waals surface area contributed by atoms with Crippen molar-refractivity contribution in [2.45, 2.75) is 37.3 Å². The number of carbonyl (C=O) groups is 1. The highest BCUT2D eigenvalue weighted by Gasteiger charge is 2.50. The molecule has 6 nitrogen and oxygen atoms in total. The Morgan fingerprint density at radius 1 is 1.33 bits per heavy atom. The first-order chi connectivity index (χ1) is 14.3. The van der Waals surface area contributed by atoms with Gasteiger partial charge in [-0.2, -0.15) is 0 Å². The van der Waals surface area contributed by atoms with E-state index in [-0.39, 0.29) is 35.1 Å². The monoisotopic (exact) mass is 426 g/mol. The van der Waals surface area contributed by atoms with Crippen molar-refractivity contribution in [3.05, 3.63) is 53.3 Å². The molecule has 2 heterocycles. The second-order valence-corrected chi connectivity index (χ2v) is 9.50. The van der Waals surface area contributed by atoms with Crippen LogP contribution < -0.4 is 10.6 Å². The van der Waals surface area contributed by atoms with Crippen LogP contribution in [0.4, 0.5) is 14.3 Å². The fourth-order valence-corrected chi connectivity index (χ4v) is 5.81. The predicted molar refractivity (Wildman–Crippen MR) is 116 cm³/mol. The van der Waals surface area contributed by atoms with Crippen molar-refractivity contribution in [1.29, 1.82) is 0 Å². The summed E-state index contributed by atoms with van der Waals surface area (Å²) in [6, 6.07) is 9.70. The van der Waals surface area contributed by atoms with Crippen molar-refractivity contribution >= 4 is 32.7 Å². The highest BCUT2D eigenvalue weighted by molar-refractivity contribution is 7.22. The molecule has 0 radical (unpaired) electrons. The molecule has 30 heavy (non-hydrogen) atoms. The quantitative estimate of drug-likeness (QED) is 0.582. The molecule has 8 heteroatoms. The second-order valence-electron chi connectivity index (χ2n) is 8.47. The molecule has 1 aliphatic heterocycles. The first-order valence-corrected chi connectivity index (χ1v) is 10.8. The van der Waals surface area contributed by atoms with Gasteiger partial charge in [-0.1, -0.05) is 24.3 Å². The van der Waals surface area contributed by atoms with Gasteiger partial charge >= 0.3 is 6.03 Å². The van der Waals surface area contributed by atoms with Crippen LogP contribution in [0.5, 0.6) is 5.75 Å². The third kappa shape index (κ3) is 3.11. The number of carbonyl (C=O) groups excluding carboxylic acids is 1. The molecular weight excluding hydrogens is 403 g/mol. The van der Waals surface area contributed by atoms with E-state index in [4.69, 9.17) is 0 Å². The van der Waals surface area contributed by atoms with E-state index in [1.54, 1.807) is 12.1 Å². The van der Waals surface area contributed by atoms with Gasteiger partial charge in [-0.05, 0) is 61.8 Å². The SMILES string of the molecule is CN1CCC2(C)c3cc(O)ccc3C[C@@H]1[C@@H]2NC(=O)Nc1nc2cc(F)ccc2s1. The lowest BCUT2D eigenvalue weighted by atomic mass is 9.61. The molecular formula is C22H23FN4O2S. The summed E-state index contributed by atoms with van der Waals surface area (Å²) >= 11 is 1.31. The van der Waals surface area contributed by atoms with E-state index in [9.17, 15) is 14.3 Å². The van der Waals surface area contributed by atoms with Crippen LogP contribution in [-0.2, 0) is 11.8 Å². The van der Waals surface area contributed by atoms with Crippen molar-refractivity contribution in [1.82, 2.24) is 15.2 Å². The van der Waals surface area contributed by atoms with Crippen molar-refractivity contribution in [3.8, 4) is 5.75 Å². The van der Waals surface area contributed by atoms with E-state index >= 15 is 0 Å². The molecule has 3 N–H and O–H groups in total. The summed E-state index contributed by atoms with van der Waals surface area (Å²) in [5, 5.41) is 16.5. The van der Waals surface area contributed by atoms with E-state index in [0.29, 0.717) is 10.6 Å². The number of hydrogen-bond donors (Lipinski definition) is 3. The van der Waals surface area contributed by atoms with Crippen LogP contribution in [0, 0.1) is 5.82 Å². The molecule has 1 fully saturated rings. The fraction of sp³-hybridized carbons (Fsp3) is 0.364. The van der Waals surface area contributed by atoms with Gasteiger partial charge in [0.2, 0.25) is 0 Å². The van der Waals surface area contributed by atoms with E-state index in [1.807, 2.05) is 12.1 Å². The maximum Gasteiger partial charge on any atom is 0.321 e. The number of nitrogens with one attached hydrogen (secondary N) is 2. The van der Waals surface area contributed by atoms with Crippen LogP contribution in [0.15, 0.2) is 36.4 Å². The number of hydrogen-bond acceptors (Lipinski definition) is 5. The number of halogens is 1. The third-order valence-electron chi connectivity index (χ3n) is 6.62. The van der Waals surface area contributed by atoms with Crippen LogP contribution in [-0.4, -0.2) is 46.7 Å². The number of urea groups is 1. The normalized spacial score (nSPS) is 25.7. The summed E-state index contributed by atoms with van der Waals surface area (Å²) < 4.78 is 14.2. The highest BCUT2D eigenvalue weighted by atomic mass is 32.1. The summed E-state index contributed by atoms with van der Waals surface area (Å²) in [7, 11) is 2.09. The van der Waals surface area contributed by atoms with Gasteiger partial charge < -0.3 is 15.3 Å². The first-order valence-electron chi connectivity index (χ1n) is 10.00. The van der Waals surface area contributed by atoms with Gasteiger partial charge in [0, 0.05) is 17.5 Å². The number of aromatic hydroxyl groups is 1. The molecule has 2 amide bonds. The Kier molecular flexibility index (Phi) is 4.44. The Morgan fingerprint density at radius 3 is 3.00 bits per heavy atom. The zero-order valence-electron chi connectivity index (χ0n) is 16.8. The standard InChI is InChI=1S/C22H23FN4O2S/c1-22-7-8-27(2)17(9-12-3-5-14(28)11-15(12)22)19(22)25-20(29)26-21-24-16-10-13(23)4-6-18(16)30-21/h3-6,10-11,17,19,28H,7-9H2,1-2H3,(H2,24,25,26,29)/t17-,19+,22?/m1/s1. The molecule has 156 valence electrons. The lowest BCUT2D eigenvalue weighted by molar-refractivity contribution is 0.0718. The summed E-state index contributed by atoms with van der Waals surface area (Å²) in [6.07, 6.45) is 1.69. The number of fused-ring (bicyclic) bond motifs is 5. The molecule has 1 saturated heterocycles. The number of piperidine rings is 1. The average molecular weight is 427 g/mol. The van der Waals surface area contributed by atoms with Gasteiger partial charge in [-0.15, -0.1) is 0 Å². The molecule has 0 saturated carbocycles. The highest BCUT2D eigenvalue weighted by Crippen LogP contribution is 2.45. The number of aromatic nitrogens is 1. The number of nitrogens with zero attached hydrogens (tertiary/aromatic N) is 2. The van der Waals surface area contributed by atoms with E-state index < -0.39 is 0 Å².